The number of hydrogen-bond acceptors (Lipinski definition) is 1. The quantitative estimate of drug-likeness (QED) is 0.421. The van der Waals surface area contributed by atoms with Crippen LogP contribution in [0.1, 0.15) is 97.8 Å². The Morgan fingerprint density at radius 2 is 1.45 bits per heavy atom. The number of nitrogens with one attached hydrogen (secondary N) is 1. The van der Waals surface area contributed by atoms with Crippen LogP contribution >= 0.6 is 0 Å². The number of amides is 1. The fraction of sp³-hybridized carbons (Fsp3) is 0.944. The van der Waals surface area contributed by atoms with Crippen molar-refractivity contribution in [2.24, 2.45) is 5.92 Å². The summed E-state index contributed by atoms with van der Waals surface area (Å²) in [6.07, 6.45) is 14.6. The van der Waals surface area contributed by atoms with E-state index in [0.29, 0.717) is 0 Å². The summed E-state index contributed by atoms with van der Waals surface area (Å²) in [6.45, 7) is 7.66. The average molecular weight is 283 g/mol. The van der Waals surface area contributed by atoms with Crippen LogP contribution in [0.25, 0.3) is 0 Å². The fourth-order valence-electron chi connectivity index (χ4n) is 2.41. The third kappa shape index (κ3) is 15.5. The van der Waals surface area contributed by atoms with Crippen LogP contribution < -0.4 is 5.32 Å². The summed E-state index contributed by atoms with van der Waals surface area (Å²) < 4.78 is 0. The topological polar surface area (TPSA) is 29.1 Å². The Bertz CT molecular complexity index is 213. The van der Waals surface area contributed by atoms with E-state index in [1.807, 2.05) is 0 Å². The zero-order chi connectivity index (χ0) is 15.1. The van der Waals surface area contributed by atoms with Crippen LogP contribution in [-0.2, 0) is 4.79 Å². The molecule has 0 fully saturated rings. The molecule has 0 saturated carbocycles. The highest BCUT2D eigenvalue weighted by atomic mass is 16.1. The molecule has 0 aliphatic heterocycles. The van der Waals surface area contributed by atoms with E-state index in [9.17, 15) is 4.79 Å². The number of unbranched alkanes of at least 4 members (excludes halogenated alkanes) is 8. The van der Waals surface area contributed by atoms with Crippen LogP contribution in [0.4, 0.5) is 0 Å². The Hall–Kier alpha value is -0.530. The van der Waals surface area contributed by atoms with Gasteiger partial charge in [-0.15, -0.1) is 0 Å². The molecule has 0 radical (unpaired) electrons. The minimum atomic E-state index is 0.252. The second-order valence-electron chi connectivity index (χ2n) is 6.46. The lowest BCUT2D eigenvalue weighted by molar-refractivity contribution is -0.121. The molecule has 0 unspecified atom stereocenters. The molecule has 0 aromatic carbocycles. The molecule has 0 heterocycles. The lowest BCUT2D eigenvalue weighted by Gasteiger charge is -2.06. The maximum Gasteiger partial charge on any atom is 0.219 e. The molecule has 2 nitrogen and oxygen atoms in total. The number of carbonyl (C=O) groups is 1. The van der Waals surface area contributed by atoms with Crippen molar-refractivity contribution in [1.82, 2.24) is 5.32 Å². The highest BCUT2D eigenvalue weighted by Crippen LogP contribution is 2.10. The monoisotopic (exact) mass is 283 g/mol. The molecule has 0 atom stereocenters. The van der Waals surface area contributed by atoms with Gasteiger partial charge in [-0.3, -0.25) is 4.79 Å². The first kappa shape index (κ1) is 19.5. The van der Waals surface area contributed by atoms with Crippen molar-refractivity contribution in [2.75, 3.05) is 6.54 Å². The molecule has 120 valence electrons. The predicted molar refractivity (Wildman–Crippen MR) is 88.9 cm³/mol. The minimum Gasteiger partial charge on any atom is -0.356 e. The minimum absolute atomic E-state index is 0.252. The average Bonchev–Trinajstić information content (AvgIpc) is 2.41. The largest absolute Gasteiger partial charge is 0.356 e. The molecule has 1 N–H and O–H groups in total. The van der Waals surface area contributed by atoms with Gasteiger partial charge in [0.2, 0.25) is 5.91 Å². The molecule has 0 aliphatic rings. The molecule has 0 saturated heterocycles. The maximum atomic E-state index is 11.6. The molecule has 20 heavy (non-hydrogen) atoms. The standard InChI is InChI=1S/C18H37NO/c1-4-5-6-7-10-13-16-19-18(20)15-12-9-8-11-14-17(2)3/h17H,4-16H2,1-3H3,(H,19,20). The number of carbonyl (C=O) groups excluding carboxylic acids is 1. The Kier molecular flexibility index (Phi) is 14.5. The van der Waals surface area contributed by atoms with Crippen molar-refractivity contribution in [3.05, 3.63) is 0 Å². The van der Waals surface area contributed by atoms with Crippen molar-refractivity contribution < 1.29 is 4.79 Å². The van der Waals surface area contributed by atoms with Crippen LogP contribution in [0.5, 0.6) is 0 Å². The van der Waals surface area contributed by atoms with Crippen molar-refractivity contribution in [3.63, 3.8) is 0 Å². The van der Waals surface area contributed by atoms with Crippen LogP contribution in [0.2, 0.25) is 0 Å². The van der Waals surface area contributed by atoms with E-state index in [1.54, 1.807) is 0 Å². The van der Waals surface area contributed by atoms with E-state index in [-0.39, 0.29) is 5.91 Å². The molecule has 2 heteroatoms. The molecular weight excluding hydrogens is 246 g/mol. The van der Waals surface area contributed by atoms with E-state index in [2.05, 4.69) is 26.1 Å². The first-order valence-corrected chi connectivity index (χ1v) is 8.93. The Balaban J connectivity index is 3.17. The summed E-state index contributed by atoms with van der Waals surface area (Å²) in [6, 6.07) is 0. The van der Waals surface area contributed by atoms with E-state index >= 15 is 0 Å². The van der Waals surface area contributed by atoms with E-state index < -0.39 is 0 Å². The fourth-order valence-corrected chi connectivity index (χ4v) is 2.41. The zero-order valence-corrected chi connectivity index (χ0v) is 14.2. The second-order valence-corrected chi connectivity index (χ2v) is 6.46. The molecular formula is C18H37NO. The SMILES string of the molecule is CCCCCCCCNC(=O)CCCCCCC(C)C. The van der Waals surface area contributed by atoms with Crippen molar-refractivity contribution >= 4 is 5.91 Å². The summed E-state index contributed by atoms with van der Waals surface area (Å²) in [4.78, 5) is 11.6. The normalized spacial score (nSPS) is 11.0. The van der Waals surface area contributed by atoms with Gasteiger partial charge in [0.05, 0.1) is 0 Å². The predicted octanol–water partition coefficient (Wildman–Crippen LogP) is 5.46. The van der Waals surface area contributed by atoms with Crippen LogP contribution in [0.15, 0.2) is 0 Å². The van der Waals surface area contributed by atoms with Crippen LogP contribution in [-0.4, -0.2) is 12.5 Å². The van der Waals surface area contributed by atoms with Gasteiger partial charge in [0.25, 0.3) is 0 Å². The summed E-state index contributed by atoms with van der Waals surface area (Å²) in [5.74, 6) is 1.07. The van der Waals surface area contributed by atoms with Gasteiger partial charge in [0, 0.05) is 13.0 Å². The Labute approximate surface area is 127 Å². The first-order valence-electron chi connectivity index (χ1n) is 8.93. The molecule has 0 aromatic rings. The third-order valence-corrected chi connectivity index (χ3v) is 3.79. The molecule has 0 aliphatic carbocycles. The summed E-state index contributed by atoms with van der Waals surface area (Å²) in [5, 5.41) is 3.04. The van der Waals surface area contributed by atoms with Crippen molar-refractivity contribution in [2.45, 2.75) is 97.8 Å². The first-order chi connectivity index (χ1) is 9.66. The lowest BCUT2D eigenvalue weighted by atomic mass is 10.0. The van der Waals surface area contributed by atoms with Gasteiger partial charge in [-0.2, -0.15) is 0 Å². The van der Waals surface area contributed by atoms with Gasteiger partial charge in [-0.05, 0) is 18.8 Å². The summed E-state index contributed by atoms with van der Waals surface area (Å²) >= 11 is 0. The Morgan fingerprint density at radius 3 is 2.15 bits per heavy atom. The summed E-state index contributed by atoms with van der Waals surface area (Å²) in [7, 11) is 0. The maximum absolute atomic E-state index is 11.6. The lowest BCUT2D eigenvalue weighted by Crippen LogP contribution is -2.23. The summed E-state index contributed by atoms with van der Waals surface area (Å²) in [5.41, 5.74) is 0. The Morgan fingerprint density at radius 1 is 0.850 bits per heavy atom. The molecule has 0 spiro atoms. The third-order valence-electron chi connectivity index (χ3n) is 3.79. The molecule has 0 rings (SSSR count). The van der Waals surface area contributed by atoms with Gasteiger partial charge < -0.3 is 5.32 Å². The van der Waals surface area contributed by atoms with Gasteiger partial charge >= 0.3 is 0 Å². The van der Waals surface area contributed by atoms with Crippen LogP contribution in [0, 0.1) is 5.92 Å². The van der Waals surface area contributed by atoms with E-state index in [1.165, 1.54) is 57.8 Å². The van der Waals surface area contributed by atoms with Gasteiger partial charge in [0.1, 0.15) is 0 Å². The van der Waals surface area contributed by atoms with E-state index in [0.717, 1.165) is 31.7 Å². The highest BCUT2D eigenvalue weighted by Gasteiger charge is 2.00. The molecule has 0 bridgehead atoms. The van der Waals surface area contributed by atoms with Crippen LogP contribution in [0.3, 0.4) is 0 Å². The second kappa shape index (κ2) is 14.9. The van der Waals surface area contributed by atoms with Gasteiger partial charge in [-0.25, -0.2) is 0 Å². The van der Waals surface area contributed by atoms with Gasteiger partial charge in [-0.1, -0.05) is 78.6 Å². The highest BCUT2D eigenvalue weighted by molar-refractivity contribution is 5.75. The number of rotatable bonds is 14. The zero-order valence-electron chi connectivity index (χ0n) is 14.2. The molecule has 0 aromatic heterocycles. The smallest absolute Gasteiger partial charge is 0.219 e. The van der Waals surface area contributed by atoms with Crippen molar-refractivity contribution in [1.29, 1.82) is 0 Å². The van der Waals surface area contributed by atoms with Crippen molar-refractivity contribution in [3.8, 4) is 0 Å². The molecule has 1 amide bonds. The number of hydrogen-bond donors (Lipinski definition) is 1. The van der Waals surface area contributed by atoms with E-state index in [4.69, 9.17) is 0 Å². The van der Waals surface area contributed by atoms with Gasteiger partial charge in [0.15, 0.2) is 0 Å².